The lowest BCUT2D eigenvalue weighted by molar-refractivity contribution is -0.137. The molecule has 0 atom stereocenters. The maximum Gasteiger partial charge on any atom is 0.417 e. The predicted octanol–water partition coefficient (Wildman–Crippen LogP) is 3.66. The quantitative estimate of drug-likeness (QED) is 0.578. The van der Waals surface area contributed by atoms with Crippen LogP contribution in [0, 0.1) is 11.6 Å². The summed E-state index contributed by atoms with van der Waals surface area (Å²) in [6.07, 6.45) is -4.97. The summed E-state index contributed by atoms with van der Waals surface area (Å²) in [7, 11) is -4.30. The van der Waals surface area contributed by atoms with E-state index in [0.29, 0.717) is 17.7 Å². The summed E-state index contributed by atoms with van der Waals surface area (Å²) in [4.78, 5) is 11.1. The molecule has 2 aromatic carbocycles. The Kier molecular flexibility index (Phi) is 7.78. The molecular formula is C18H16ClF5N2O3S. The SMILES string of the molecule is O=C(CCNS(=O)(=O)c1ccc(Cl)c(C(F)(F)F)c1)NCCc1cc(F)cc(F)c1. The molecule has 0 bridgehead atoms. The zero-order valence-electron chi connectivity index (χ0n) is 15.2. The van der Waals surface area contributed by atoms with Crippen molar-refractivity contribution in [3.05, 3.63) is 64.2 Å². The lowest BCUT2D eigenvalue weighted by Crippen LogP contribution is -2.31. The summed E-state index contributed by atoms with van der Waals surface area (Å²) in [5, 5.41) is 1.81. The van der Waals surface area contributed by atoms with Crippen molar-refractivity contribution in [1.29, 1.82) is 0 Å². The third kappa shape index (κ3) is 6.92. The average Bonchev–Trinajstić information content (AvgIpc) is 2.60. The van der Waals surface area contributed by atoms with Crippen LogP contribution < -0.4 is 10.0 Å². The number of rotatable bonds is 8. The Balaban J connectivity index is 1.86. The average molecular weight is 471 g/mol. The molecule has 1 amide bonds. The zero-order valence-corrected chi connectivity index (χ0v) is 16.8. The van der Waals surface area contributed by atoms with Gasteiger partial charge in [-0.05, 0) is 42.3 Å². The molecule has 0 unspecified atom stereocenters. The Bertz CT molecular complexity index is 1010. The molecule has 0 saturated carbocycles. The molecule has 0 aliphatic rings. The molecule has 12 heteroatoms. The van der Waals surface area contributed by atoms with Crippen LogP contribution in [0.25, 0.3) is 0 Å². The molecule has 0 saturated heterocycles. The van der Waals surface area contributed by atoms with Crippen LogP contribution in [-0.2, 0) is 27.4 Å². The number of hydrogen-bond donors (Lipinski definition) is 2. The first-order valence-corrected chi connectivity index (χ1v) is 10.3. The van der Waals surface area contributed by atoms with Crippen LogP contribution in [0.3, 0.4) is 0 Å². The summed E-state index contributed by atoms with van der Waals surface area (Å²) >= 11 is 5.46. The number of halogens is 6. The summed E-state index contributed by atoms with van der Waals surface area (Å²) in [6, 6.07) is 5.09. The van der Waals surface area contributed by atoms with E-state index in [4.69, 9.17) is 11.6 Å². The van der Waals surface area contributed by atoms with Gasteiger partial charge in [0.1, 0.15) is 11.6 Å². The molecule has 0 spiro atoms. The molecule has 0 aliphatic heterocycles. The maximum absolute atomic E-state index is 13.1. The van der Waals surface area contributed by atoms with Gasteiger partial charge in [-0.3, -0.25) is 4.79 Å². The van der Waals surface area contributed by atoms with Crippen molar-refractivity contribution in [2.24, 2.45) is 0 Å². The normalized spacial score (nSPS) is 12.1. The van der Waals surface area contributed by atoms with E-state index in [9.17, 15) is 35.2 Å². The summed E-state index contributed by atoms with van der Waals surface area (Å²) in [5.74, 6) is -2.05. The molecule has 0 radical (unpaired) electrons. The summed E-state index contributed by atoms with van der Waals surface area (Å²) < 4.78 is 91.1. The van der Waals surface area contributed by atoms with Crippen molar-refractivity contribution in [3.63, 3.8) is 0 Å². The van der Waals surface area contributed by atoms with Crippen molar-refractivity contribution in [2.75, 3.05) is 13.1 Å². The van der Waals surface area contributed by atoms with Gasteiger partial charge in [-0.25, -0.2) is 21.9 Å². The van der Waals surface area contributed by atoms with Gasteiger partial charge in [0.2, 0.25) is 15.9 Å². The number of amides is 1. The lowest BCUT2D eigenvalue weighted by Gasteiger charge is -2.12. The third-order valence-corrected chi connectivity index (χ3v) is 5.64. The number of benzene rings is 2. The predicted molar refractivity (Wildman–Crippen MR) is 99.3 cm³/mol. The lowest BCUT2D eigenvalue weighted by atomic mass is 10.1. The fourth-order valence-corrected chi connectivity index (χ4v) is 3.74. The highest BCUT2D eigenvalue weighted by Gasteiger charge is 2.34. The van der Waals surface area contributed by atoms with E-state index in [2.05, 4.69) is 5.32 Å². The smallest absolute Gasteiger partial charge is 0.356 e. The Labute approximate surface area is 174 Å². The van der Waals surface area contributed by atoms with Crippen LogP contribution in [0.1, 0.15) is 17.5 Å². The minimum Gasteiger partial charge on any atom is -0.356 e. The first-order valence-electron chi connectivity index (χ1n) is 8.46. The molecule has 0 heterocycles. The number of sulfonamides is 1. The molecule has 0 fully saturated rings. The van der Waals surface area contributed by atoms with Crippen LogP contribution in [-0.4, -0.2) is 27.4 Å². The first kappa shape index (κ1) is 24.0. The van der Waals surface area contributed by atoms with Gasteiger partial charge in [0.05, 0.1) is 15.5 Å². The van der Waals surface area contributed by atoms with Gasteiger partial charge in [0.25, 0.3) is 0 Å². The second kappa shape index (κ2) is 9.71. The van der Waals surface area contributed by atoms with Gasteiger partial charge in [0.15, 0.2) is 0 Å². The fourth-order valence-electron chi connectivity index (χ4n) is 2.46. The highest BCUT2D eigenvalue weighted by molar-refractivity contribution is 7.89. The molecule has 5 nitrogen and oxygen atoms in total. The Morgan fingerprint density at radius 2 is 1.63 bits per heavy atom. The summed E-state index contributed by atoms with van der Waals surface area (Å²) in [6.45, 7) is -0.312. The number of nitrogens with one attached hydrogen (secondary N) is 2. The summed E-state index contributed by atoms with van der Waals surface area (Å²) in [5.41, 5.74) is -0.963. The highest BCUT2D eigenvalue weighted by atomic mass is 35.5. The van der Waals surface area contributed by atoms with E-state index in [1.165, 1.54) is 0 Å². The van der Waals surface area contributed by atoms with Gasteiger partial charge in [-0.1, -0.05) is 11.6 Å². The van der Waals surface area contributed by atoms with Crippen molar-refractivity contribution >= 4 is 27.5 Å². The van der Waals surface area contributed by atoms with Crippen molar-refractivity contribution < 1.29 is 35.2 Å². The van der Waals surface area contributed by atoms with E-state index >= 15 is 0 Å². The topological polar surface area (TPSA) is 75.3 Å². The molecule has 164 valence electrons. The zero-order chi connectivity index (χ0) is 22.5. The number of alkyl halides is 3. The monoisotopic (exact) mass is 470 g/mol. The Morgan fingerprint density at radius 3 is 2.23 bits per heavy atom. The van der Waals surface area contributed by atoms with Crippen LogP contribution >= 0.6 is 11.6 Å². The molecule has 0 aliphatic carbocycles. The molecule has 0 aromatic heterocycles. The molecule has 2 rings (SSSR count). The molecular weight excluding hydrogens is 455 g/mol. The van der Waals surface area contributed by atoms with E-state index in [-0.39, 0.29) is 25.9 Å². The van der Waals surface area contributed by atoms with Crippen LogP contribution in [0.2, 0.25) is 5.02 Å². The number of carbonyl (C=O) groups is 1. The van der Waals surface area contributed by atoms with E-state index < -0.39 is 49.2 Å². The van der Waals surface area contributed by atoms with Crippen molar-refractivity contribution in [1.82, 2.24) is 10.0 Å². The van der Waals surface area contributed by atoms with Gasteiger partial charge < -0.3 is 5.32 Å². The van der Waals surface area contributed by atoms with E-state index in [1.54, 1.807) is 0 Å². The van der Waals surface area contributed by atoms with E-state index in [0.717, 1.165) is 24.3 Å². The first-order chi connectivity index (χ1) is 13.9. The van der Waals surface area contributed by atoms with Crippen LogP contribution in [0.5, 0.6) is 0 Å². The largest absolute Gasteiger partial charge is 0.417 e. The number of carbonyl (C=O) groups excluding carboxylic acids is 1. The Morgan fingerprint density at radius 1 is 1.00 bits per heavy atom. The van der Waals surface area contributed by atoms with Crippen molar-refractivity contribution in [2.45, 2.75) is 23.9 Å². The van der Waals surface area contributed by atoms with Gasteiger partial charge >= 0.3 is 6.18 Å². The highest BCUT2D eigenvalue weighted by Crippen LogP contribution is 2.35. The van der Waals surface area contributed by atoms with Gasteiger partial charge in [0, 0.05) is 25.6 Å². The Hall–Kier alpha value is -2.24. The number of hydrogen-bond acceptors (Lipinski definition) is 3. The molecule has 2 N–H and O–H groups in total. The molecule has 2 aromatic rings. The third-order valence-electron chi connectivity index (χ3n) is 3.86. The van der Waals surface area contributed by atoms with Crippen LogP contribution in [0.15, 0.2) is 41.3 Å². The molecule has 30 heavy (non-hydrogen) atoms. The second-order valence-electron chi connectivity index (χ2n) is 6.16. The fraction of sp³-hybridized carbons (Fsp3) is 0.278. The minimum atomic E-state index is -4.83. The van der Waals surface area contributed by atoms with Crippen molar-refractivity contribution in [3.8, 4) is 0 Å². The standard InChI is InChI=1S/C18H16ClF5N2O3S/c19-16-2-1-14(10-15(16)18(22,23)24)30(28,29)26-6-4-17(27)25-5-3-11-7-12(20)9-13(21)8-11/h1-2,7-10,26H,3-6H2,(H,25,27). The van der Waals surface area contributed by atoms with Gasteiger partial charge in [-0.15, -0.1) is 0 Å². The second-order valence-corrected chi connectivity index (χ2v) is 8.34. The van der Waals surface area contributed by atoms with E-state index in [1.807, 2.05) is 4.72 Å². The minimum absolute atomic E-state index is 0.0562. The maximum atomic E-state index is 13.1. The van der Waals surface area contributed by atoms with Gasteiger partial charge in [-0.2, -0.15) is 13.2 Å². The van der Waals surface area contributed by atoms with Crippen LogP contribution in [0.4, 0.5) is 22.0 Å².